The molecule has 1 aromatic rings. The highest BCUT2D eigenvalue weighted by Crippen LogP contribution is 2.32. The zero-order chi connectivity index (χ0) is 21.3. The molecular formula is C22H29ClN4O. The second-order valence-electron chi connectivity index (χ2n) is 6.59. The monoisotopic (exact) mass is 400 g/mol. The summed E-state index contributed by atoms with van der Waals surface area (Å²) in [5.41, 5.74) is 3.44. The van der Waals surface area contributed by atoms with Crippen molar-refractivity contribution < 1.29 is 4.79 Å². The Balaban J connectivity index is 3.65. The highest BCUT2D eigenvalue weighted by Gasteiger charge is 2.25. The first kappa shape index (κ1) is 23.2. The van der Waals surface area contributed by atoms with Gasteiger partial charge in [-0.25, -0.2) is 0 Å². The van der Waals surface area contributed by atoms with Crippen molar-refractivity contribution in [3.8, 4) is 0 Å². The molecule has 5 nitrogen and oxygen atoms in total. The predicted octanol–water partition coefficient (Wildman–Crippen LogP) is 4.17. The zero-order valence-corrected chi connectivity index (χ0v) is 17.9. The van der Waals surface area contributed by atoms with Crippen LogP contribution in [0.2, 0.25) is 5.02 Å². The Morgan fingerprint density at radius 3 is 2.32 bits per heavy atom. The molecule has 0 amide bonds. The molecule has 0 spiro atoms. The van der Waals surface area contributed by atoms with Crippen LogP contribution in [0.15, 0.2) is 72.2 Å². The number of carbonyl (C=O) groups excluding carboxylic acids is 1. The standard InChI is InChI=1S/C22H29ClN4O/c1-7-21(24)20(13-25-3)22(17-8-10-18(23)11-9-17)27(6)19(14-26(4)5)12-16(2)15-28/h7-15,22,24-25H,1H2,2-6H3/b16-12-,19-14+,20-13+,24-21?. The van der Waals surface area contributed by atoms with E-state index < -0.39 is 0 Å². The number of benzene rings is 1. The molecule has 0 saturated heterocycles. The first-order valence-corrected chi connectivity index (χ1v) is 9.21. The van der Waals surface area contributed by atoms with Gasteiger partial charge >= 0.3 is 0 Å². The summed E-state index contributed by atoms with van der Waals surface area (Å²) in [6.45, 7) is 5.52. The second-order valence-corrected chi connectivity index (χ2v) is 7.03. The van der Waals surface area contributed by atoms with E-state index in [2.05, 4.69) is 11.9 Å². The molecule has 0 aliphatic carbocycles. The fraction of sp³-hybridized carbons (Fsp3) is 0.273. The summed E-state index contributed by atoms with van der Waals surface area (Å²) in [4.78, 5) is 15.1. The summed E-state index contributed by atoms with van der Waals surface area (Å²) in [6.07, 6.45) is 7.89. The number of nitrogens with one attached hydrogen (secondary N) is 2. The fourth-order valence-electron chi connectivity index (χ4n) is 2.75. The van der Waals surface area contributed by atoms with E-state index in [9.17, 15) is 4.79 Å². The van der Waals surface area contributed by atoms with E-state index in [1.165, 1.54) is 6.08 Å². The molecular weight excluding hydrogens is 372 g/mol. The van der Waals surface area contributed by atoms with Crippen LogP contribution in [0.1, 0.15) is 18.5 Å². The number of carbonyl (C=O) groups is 1. The number of rotatable bonds is 10. The molecule has 0 aliphatic heterocycles. The van der Waals surface area contributed by atoms with Crippen LogP contribution in [0.3, 0.4) is 0 Å². The third kappa shape index (κ3) is 6.43. The lowest BCUT2D eigenvalue weighted by molar-refractivity contribution is -0.104. The molecule has 0 aromatic heterocycles. The summed E-state index contributed by atoms with van der Waals surface area (Å²) in [7, 11) is 7.57. The van der Waals surface area contributed by atoms with Crippen LogP contribution in [0.5, 0.6) is 0 Å². The topological polar surface area (TPSA) is 59.4 Å². The minimum atomic E-state index is -0.294. The van der Waals surface area contributed by atoms with Crippen LogP contribution in [0, 0.1) is 5.41 Å². The Labute approximate surface area is 173 Å². The van der Waals surface area contributed by atoms with E-state index in [-0.39, 0.29) is 6.04 Å². The van der Waals surface area contributed by atoms with E-state index in [1.54, 1.807) is 20.2 Å². The van der Waals surface area contributed by atoms with E-state index >= 15 is 0 Å². The fourth-order valence-corrected chi connectivity index (χ4v) is 2.87. The van der Waals surface area contributed by atoms with Crippen LogP contribution in [0.25, 0.3) is 0 Å². The van der Waals surface area contributed by atoms with Crippen molar-refractivity contribution in [1.82, 2.24) is 15.1 Å². The van der Waals surface area contributed by atoms with Gasteiger partial charge in [-0.15, -0.1) is 0 Å². The van der Waals surface area contributed by atoms with E-state index in [0.29, 0.717) is 16.3 Å². The Morgan fingerprint density at radius 2 is 1.86 bits per heavy atom. The van der Waals surface area contributed by atoms with Crippen LogP contribution in [-0.4, -0.2) is 50.0 Å². The third-order valence-corrected chi connectivity index (χ3v) is 4.29. The largest absolute Gasteiger partial charge is 0.394 e. The average Bonchev–Trinajstić information content (AvgIpc) is 2.67. The number of likely N-dealkylation sites (N-methyl/N-ethyl adjacent to an activating group) is 1. The molecule has 6 heteroatoms. The van der Waals surface area contributed by atoms with Crippen molar-refractivity contribution in [2.45, 2.75) is 13.0 Å². The van der Waals surface area contributed by atoms with Crippen molar-refractivity contribution >= 4 is 23.6 Å². The molecule has 2 N–H and O–H groups in total. The maximum absolute atomic E-state index is 11.2. The summed E-state index contributed by atoms with van der Waals surface area (Å²) >= 11 is 6.08. The van der Waals surface area contributed by atoms with E-state index in [1.807, 2.05) is 67.5 Å². The van der Waals surface area contributed by atoms with Gasteiger partial charge in [0.05, 0.1) is 17.5 Å². The van der Waals surface area contributed by atoms with Gasteiger partial charge in [0.1, 0.15) is 6.29 Å². The molecule has 1 atom stereocenters. The van der Waals surface area contributed by atoms with Crippen molar-refractivity contribution in [1.29, 1.82) is 5.41 Å². The number of hydrogen-bond donors (Lipinski definition) is 2. The van der Waals surface area contributed by atoms with Crippen LogP contribution in [0.4, 0.5) is 0 Å². The first-order valence-electron chi connectivity index (χ1n) is 8.83. The van der Waals surface area contributed by atoms with Crippen LogP contribution in [-0.2, 0) is 4.79 Å². The molecule has 0 heterocycles. The van der Waals surface area contributed by atoms with Gasteiger partial charge in [-0.3, -0.25) is 4.79 Å². The molecule has 1 unspecified atom stereocenters. The van der Waals surface area contributed by atoms with Gasteiger partial charge in [0.2, 0.25) is 0 Å². The van der Waals surface area contributed by atoms with E-state index in [4.69, 9.17) is 17.0 Å². The minimum Gasteiger partial charge on any atom is -0.394 e. The first-order chi connectivity index (χ1) is 13.2. The van der Waals surface area contributed by atoms with Gasteiger partial charge in [0.25, 0.3) is 0 Å². The SMILES string of the molecule is C=CC(=N)/C(=C\NC)C(c1ccc(Cl)cc1)N(C)C(/C=C(/C)C=O)=C/N(C)C. The van der Waals surface area contributed by atoms with Crippen LogP contribution < -0.4 is 5.32 Å². The summed E-state index contributed by atoms with van der Waals surface area (Å²) < 4.78 is 0. The molecule has 0 bridgehead atoms. The maximum atomic E-state index is 11.2. The predicted molar refractivity (Wildman–Crippen MR) is 119 cm³/mol. The third-order valence-electron chi connectivity index (χ3n) is 4.04. The van der Waals surface area contributed by atoms with Crippen LogP contribution >= 0.6 is 11.6 Å². The van der Waals surface area contributed by atoms with Gasteiger partial charge in [0, 0.05) is 51.2 Å². The second kappa shape index (κ2) is 11.1. The number of nitrogens with zero attached hydrogens (tertiary/aromatic N) is 2. The number of halogens is 1. The van der Waals surface area contributed by atoms with Gasteiger partial charge in [-0.2, -0.15) is 0 Å². The Hall–Kier alpha value is -2.79. The average molecular weight is 401 g/mol. The Bertz CT molecular complexity index is 791. The van der Waals surface area contributed by atoms with Gasteiger partial charge in [0.15, 0.2) is 0 Å². The lowest BCUT2D eigenvalue weighted by Gasteiger charge is -2.34. The van der Waals surface area contributed by atoms with Gasteiger partial charge < -0.3 is 20.5 Å². The summed E-state index contributed by atoms with van der Waals surface area (Å²) in [5, 5.41) is 12.1. The molecule has 150 valence electrons. The van der Waals surface area contributed by atoms with Crippen molar-refractivity contribution in [2.24, 2.45) is 0 Å². The zero-order valence-electron chi connectivity index (χ0n) is 17.2. The van der Waals surface area contributed by atoms with Crippen molar-refractivity contribution in [3.05, 3.63) is 82.8 Å². The maximum Gasteiger partial charge on any atom is 0.145 e. The molecule has 1 aromatic carbocycles. The molecule has 0 radical (unpaired) electrons. The number of allylic oxidation sites excluding steroid dienone is 3. The Kier molecular flexibility index (Phi) is 9.25. The molecule has 0 saturated carbocycles. The Morgan fingerprint density at radius 1 is 1.25 bits per heavy atom. The van der Waals surface area contributed by atoms with Crippen molar-refractivity contribution in [2.75, 3.05) is 28.2 Å². The molecule has 1 rings (SSSR count). The molecule has 28 heavy (non-hydrogen) atoms. The highest BCUT2D eigenvalue weighted by molar-refractivity contribution is 6.30. The number of aldehydes is 1. The van der Waals surface area contributed by atoms with Gasteiger partial charge in [-0.1, -0.05) is 30.3 Å². The lowest BCUT2D eigenvalue weighted by atomic mass is 9.93. The highest BCUT2D eigenvalue weighted by atomic mass is 35.5. The molecule has 0 fully saturated rings. The normalized spacial score (nSPS) is 13.6. The smallest absolute Gasteiger partial charge is 0.145 e. The quantitative estimate of drug-likeness (QED) is 0.268. The van der Waals surface area contributed by atoms with E-state index in [0.717, 1.165) is 23.1 Å². The summed E-state index contributed by atoms with van der Waals surface area (Å²) in [5.74, 6) is 0. The minimum absolute atomic E-state index is 0.294. The van der Waals surface area contributed by atoms with Gasteiger partial charge in [-0.05, 0) is 42.3 Å². The lowest BCUT2D eigenvalue weighted by Crippen LogP contribution is -2.29. The number of hydrogen-bond acceptors (Lipinski definition) is 5. The summed E-state index contributed by atoms with van der Waals surface area (Å²) in [6, 6.07) is 7.24. The molecule has 0 aliphatic rings. The van der Waals surface area contributed by atoms with Crippen molar-refractivity contribution in [3.63, 3.8) is 0 Å².